The first-order chi connectivity index (χ1) is 13.6. The lowest BCUT2D eigenvalue weighted by Crippen LogP contribution is -2.47. The van der Waals surface area contributed by atoms with Crippen LogP contribution in [0.3, 0.4) is 0 Å². The van der Waals surface area contributed by atoms with Crippen molar-refractivity contribution in [3.63, 3.8) is 0 Å². The minimum Gasteiger partial charge on any atom is -0.497 e. The van der Waals surface area contributed by atoms with Gasteiger partial charge in [-0.3, -0.25) is 0 Å². The van der Waals surface area contributed by atoms with Gasteiger partial charge in [0.1, 0.15) is 5.75 Å². The van der Waals surface area contributed by atoms with Gasteiger partial charge in [0.2, 0.25) is 0 Å². The van der Waals surface area contributed by atoms with Crippen LogP contribution < -0.4 is 10.1 Å². The van der Waals surface area contributed by atoms with Gasteiger partial charge in [0.15, 0.2) is 0 Å². The predicted octanol–water partition coefficient (Wildman–Crippen LogP) is 5.95. The van der Waals surface area contributed by atoms with Crippen molar-refractivity contribution in [1.82, 2.24) is 10.2 Å². The topological polar surface area (TPSA) is 41.6 Å². The second kappa shape index (κ2) is 9.83. The average Bonchev–Trinajstić information content (AvgIpc) is 2.73. The van der Waals surface area contributed by atoms with Crippen LogP contribution in [0.2, 0.25) is 5.02 Å². The van der Waals surface area contributed by atoms with Gasteiger partial charge in [-0.05, 0) is 55.2 Å². The molecule has 28 heavy (non-hydrogen) atoms. The zero-order valence-corrected chi connectivity index (χ0v) is 17.4. The zero-order chi connectivity index (χ0) is 19.9. The first-order valence-corrected chi connectivity index (χ1v) is 10.4. The first kappa shape index (κ1) is 20.5. The molecule has 4 nitrogen and oxygen atoms in total. The van der Waals surface area contributed by atoms with Crippen LogP contribution in [0.1, 0.15) is 56.2 Å². The quantitative estimate of drug-likeness (QED) is 0.650. The number of hydrogen-bond acceptors (Lipinski definition) is 2. The number of amides is 2. The third-order valence-electron chi connectivity index (χ3n) is 5.50. The summed E-state index contributed by atoms with van der Waals surface area (Å²) in [5.41, 5.74) is 2.16. The minimum atomic E-state index is -0.0771. The van der Waals surface area contributed by atoms with Crippen molar-refractivity contribution >= 4 is 17.6 Å². The summed E-state index contributed by atoms with van der Waals surface area (Å²) in [5.74, 6) is 0.828. The third-order valence-corrected chi connectivity index (χ3v) is 5.75. The SMILES string of the molecule is COc1ccc(CN(C(=O)NC(C)c2ccc(Cl)cc2)C2CCCCC2)cc1. The zero-order valence-electron chi connectivity index (χ0n) is 16.7. The largest absolute Gasteiger partial charge is 0.497 e. The van der Waals surface area contributed by atoms with Gasteiger partial charge in [0, 0.05) is 17.6 Å². The fourth-order valence-corrected chi connectivity index (χ4v) is 3.92. The molecule has 0 spiro atoms. The highest BCUT2D eigenvalue weighted by molar-refractivity contribution is 6.30. The molecule has 1 aliphatic carbocycles. The van der Waals surface area contributed by atoms with Gasteiger partial charge in [-0.2, -0.15) is 0 Å². The molecule has 0 aromatic heterocycles. The monoisotopic (exact) mass is 400 g/mol. The lowest BCUT2D eigenvalue weighted by Gasteiger charge is -2.35. The van der Waals surface area contributed by atoms with E-state index in [2.05, 4.69) is 5.32 Å². The molecule has 1 N–H and O–H groups in total. The molecule has 1 aliphatic rings. The summed E-state index contributed by atoms with van der Waals surface area (Å²) in [6.07, 6.45) is 5.76. The molecule has 0 heterocycles. The van der Waals surface area contributed by atoms with Gasteiger partial charge in [-0.1, -0.05) is 55.1 Å². The molecule has 1 atom stereocenters. The van der Waals surface area contributed by atoms with E-state index in [4.69, 9.17) is 16.3 Å². The molecule has 5 heteroatoms. The number of rotatable bonds is 6. The molecular formula is C23H29ClN2O2. The van der Waals surface area contributed by atoms with Crippen molar-refractivity contribution in [2.45, 2.75) is 57.7 Å². The van der Waals surface area contributed by atoms with E-state index < -0.39 is 0 Å². The van der Waals surface area contributed by atoms with Gasteiger partial charge >= 0.3 is 6.03 Å². The highest BCUT2D eigenvalue weighted by atomic mass is 35.5. The number of nitrogens with one attached hydrogen (secondary N) is 1. The van der Waals surface area contributed by atoms with Crippen LogP contribution in [0.5, 0.6) is 5.75 Å². The number of benzene rings is 2. The van der Waals surface area contributed by atoms with Crippen molar-refractivity contribution in [2.75, 3.05) is 7.11 Å². The Morgan fingerprint density at radius 1 is 1.11 bits per heavy atom. The van der Waals surface area contributed by atoms with Crippen LogP contribution in [0.15, 0.2) is 48.5 Å². The molecule has 1 unspecified atom stereocenters. The number of hydrogen-bond donors (Lipinski definition) is 1. The molecule has 1 saturated carbocycles. The molecule has 0 bridgehead atoms. The number of ether oxygens (including phenoxy) is 1. The molecule has 3 rings (SSSR count). The van der Waals surface area contributed by atoms with Crippen LogP contribution in [0.4, 0.5) is 4.79 Å². The number of methoxy groups -OCH3 is 1. The second-order valence-corrected chi connectivity index (χ2v) is 7.93. The van der Waals surface area contributed by atoms with Crippen LogP contribution >= 0.6 is 11.6 Å². The first-order valence-electron chi connectivity index (χ1n) is 10.0. The maximum atomic E-state index is 13.2. The van der Waals surface area contributed by atoms with Crippen LogP contribution in [-0.4, -0.2) is 24.1 Å². The van der Waals surface area contributed by atoms with Crippen molar-refractivity contribution in [1.29, 1.82) is 0 Å². The molecule has 0 radical (unpaired) electrons. The van der Waals surface area contributed by atoms with Gasteiger partial charge in [-0.25, -0.2) is 4.79 Å². The number of nitrogens with zero attached hydrogens (tertiary/aromatic N) is 1. The fraction of sp³-hybridized carbons (Fsp3) is 0.435. The molecule has 1 fully saturated rings. The fourth-order valence-electron chi connectivity index (χ4n) is 3.79. The third kappa shape index (κ3) is 5.41. The van der Waals surface area contributed by atoms with E-state index in [1.807, 2.05) is 60.4 Å². The van der Waals surface area contributed by atoms with Crippen molar-refractivity contribution in [3.05, 3.63) is 64.7 Å². The molecule has 0 saturated heterocycles. The molecular weight excluding hydrogens is 372 g/mol. The van der Waals surface area contributed by atoms with Crippen LogP contribution in [0, 0.1) is 0 Å². The Balaban J connectivity index is 1.72. The molecule has 2 amide bonds. The van der Waals surface area contributed by atoms with Crippen molar-refractivity contribution in [3.8, 4) is 5.75 Å². The Labute approximate surface area is 172 Å². The Morgan fingerprint density at radius 3 is 2.36 bits per heavy atom. The molecule has 2 aromatic carbocycles. The van der Waals surface area contributed by atoms with E-state index in [1.165, 1.54) is 19.3 Å². The van der Waals surface area contributed by atoms with Gasteiger partial charge < -0.3 is 15.0 Å². The van der Waals surface area contributed by atoms with E-state index in [-0.39, 0.29) is 18.1 Å². The smallest absolute Gasteiger partial charge is 0.318 e. The maximum absolute atomic E-state index is 13.2. The number of urea groups is 1. The predicted molar refractivity (Wildman–Crippen MR) is 114 cm³/mol. The van der Waals surface area contributed by atoms with Crippen LogP contribution in [-0.2, 0) is 6.54 Å². The summed E-state index contributed by atoms with van der Waals surface area (Å²) in [5, 5.41) is 3.87. The Bertz CT molecular complexity index is 755. The number of carbonyl (C=O) groups excluding carboxylic acids is 1. The van der Waals surface area contributed by atoms with E-state index in [1.54, 1.807) is 7.11 Å². The van der Waals surface area contributed by atoms with Gasteiger partial charge in [0.25, 0.3) is 0 Å². The lowest BCUT2D eigenvalue weighted by molar-refractivity contribution is 0.148. The summed E-state index contributed by atoms with van der Waals surface area (Å²) < 4.78 is 5.25. The van der Waals surface area contributed by atoms with Gasteiger partial charge in [0.05, 0.1) is 13.2 Å². The average molecular weight is 401 g/mol. The molecule has 2 aromatic rings. The van der Waals surface area contributed by atoms with Crippen molar-refractivity contribution < 1.29 is 9.53 Å². The Kier molecular flexibility index (Phi) is 7.21. The number of carbonyl (C=O) groups is 1. The summed E-state index contributed by atoms with van der Waals surface area (Å²) in [7, 11) is 1.66. The summed E-state index contributed by atoms with van der Waals surface area (Å²) in [6.45, 7) is 2.61. The maximum Gasteiger partial charge on any atom is 0.318 e. The van der Waals surface area contributed by atoms with E-state index in [0.29, 0.717) is 11.6 Å². The standard InChI is InChI=1S/C23H29ClN2O2/c1-17(19-10-12-20(24)13-11-19)25-23(27)26(21-6-4-3-5-7-21)16-18-8-14-22(28-2)15-9-18/h8-15,17,21H,3-7,16H2,1-2H3,(H,25,27). The summed E-state index contributed by atoms with van der Waals surface area (Å²) in [4.78, 5) is 15.2. The minimum absolute atomic E-state index is 0.00910. The second-order valence-electron chi connectivity index (χ2n) is 7.49. The molecule has 0 aliphatic heterocycles. The summed E-state index contributed by atoms with van der Waals surface area (Å²) in [6, 6.07) is 15.8. The van der Waals surface area contributed by atoms with Crippen LogP contribution in [0.25, 0.3) is 0 Å². The Hall–Kier alpha value is -2.20. The van der Waals surface area contributed by atoms with E-state index in [9.17, 15) is 4.79 Å². The lowest BCUT2D eigenvalue weighted by atomic mass is 9.94. The highest BCUT2D eigenvalue weighted by Crippen LogP contribution is 2.25. The highest BCUT2D eigenvalue weighted by Gasteiger charge is 2.26. The number of halogens is 1. The Morgan fingerprint density at radius 2 is 1.75 bits per heavy atom. The van der Waals surface area contributed by atoms with Crippen molar-refractivity contribution in [2.24, 2.45) is 0 Å². The summed E-state index contributed by atoms with van der Waals surface area (Å²) >= 11 is 5.98. The van der Waals surface area contributed by atoms with Gasteiger partial charge in [-0.15, -0.1) is 0 Å². The normalized spacial score (nSPS) is 15.7. The van der Waals surface area contributed by atoms with E-state index in [0.717, 1.165) is 29.7 Å². The van der Waals surface area contributed by atoms with E-state index >= 15 is 0 Å². The molecule has 150 valence electrons.